The molecular weight excluding hydrogens is 240 g/mol. The van der Waals surface area contributed by atoms with Crippen molar-refractivity contribution in [1.29, 1.82) is 0 Å². The Hall–Kier alpha value is -2.60. The molecule has 0 heterocycles. The Labute approximate surface area is 119 Å². The lowest BCUT2D eigenvalue weighted by molar-refractivity contribution is 1.62. The Kier molecular flexibility index (Phi) is 3.47. The van der Waals surface area contributed by atoms with Gasteiger partial charge < -0.3 is 0 Å². The molecule has 0 saturated carbocycles. The van der Waals surface area contributed by atoms with Crippen LogP contribution in [0.3, 0.4) is 0 Å². The number of rotatable bonds is 3. The molecule has 3 rings (SSSR count). The second-order valence-corrected chi connectivity index (χ2v) is 4.77. The number of hydrogen-bond donors (Lipinski definition) is 0. The average Bonchev–Trinajstić information content (AvgIpc) is 2.53. The molecule has 0 saturated heterocycles. The molecule has 3 aromatic rings. The second-order valence-electron chi connectivity index (χ2n) is 4.77. The Morgan fingerprint density at radius 1 is 0.650 bits per heavy atom. The van der Waals surface area contributed by atoms with Crippen molar-refractivity contribution in [2.75, 3.05) is 0 Å². The fourth-order valence-electron chi connectivity index (χ4n) is 2.33. The summed E-state index contributed by atoms with van der Waals surface area (Å²) in [5.74, 6) is 0. The molecule has 0 nitrogen and oxygen atoms in total. The van der Waals surface area contributed by atoms with Gasteiger partial charge in [0.2, 0.25) is 0 Å². The maximum Gasteiger partial charge on any atom is -0.0111 e. The number of fused-ring (bicyclic) bond motifs is 1. The van der Waals surface area contributed by atoms with E-state index >= 15 is 0 Å². The molecule has 0 fully saturated rings. The van der Waals surface area contributed by atoms with Crippen LogP contribution in [0.4, 0.5) is 0 Å². The van der Waals surface area contributed by atoms with Gasteiger partial charge in [-0.15, -0.1) is 0 Å². The predicted molar refractivity (Wildman–Crippen MR) is 89.4 cm³/mol. The molecule has 0 spiro atoms. The number of hydrogen-bond acceptors (Lipinski definition) is 0. The maximum absolute atomic E-state index is 3.77. The summed E-state index contributed by atoms with van der Waals surface area (Å²) in [6, 6.07) is 23.2. The fourth-order valence-corrected chi connectivity index (χ4v) is 2.33. The van der Waals surface area contributed by atoms with Crippen LogP contribution in [0.2, 0.25) is 0 Å². The van der Waals surface area contributed by atoms with Gasteiger partial charge in [0, 0.05) is 0 Å². The van der Waals surface area contributed by atoms with E-state index in [0.717, 1.165) is 5.56 Å². The first-order chi connectivity index (χ1) is 9.86. The molecule has 0 bridgehead atoms. The van der Waals surface area contributed by atoms with Crippen molar-refractivity contribution in [2.24, 2.45) is 0 Å². The van der Waals surface area contributed by atoms with Gasteiger partial charge in [0.15, 0.2) is 0 Å². The largest absolute Gasteiger partial charge is 0.0985 e. The van der Waals surface area contributed by atoms with Crippen LogP contribution >= 0.6 is 0 Å². The van der Waals surface area contributed by atoms with Crippen LogP contribution in [0, 0.1) is 0 Å². The summed E-state index contributed by atoms with van der Waals surface area (Å²) in [7, 11) is 0. The first-order valence-corrected chi connectivity index (χ1v) is 6.75. The molecule has 0 heteroatoms. The summed E-state index contributed by atoms with van der Waals surface area (Å²) >= 11 is 0. The van der Waals surface area contributed by atoms with Gasteiger partial charge in [-0.05, 0) is 27.5 Å². The smallest absolute Gasteiger partial charge is 0.0111 e. The molecule has 0 unspecified atom stereocenters. The molecule has 96 valence electrons. The third kappa shape index (κ3) is 2.55. The lowest BCUT2D eigenvalue weighted by Crippen LogP contribution is -1.78. The molecular formula is C20H16. The second kappa shape index (κ2) is 5.58. The molecule has 3 aromatic carbocycles. The Bertz CT molecular complexity index is 756. The lowest BCUT2D eigenvalue weighted by Gasteiger charge is -2.02. The van der Waals surface area contributed by atoms with Gasteiger partial charge in [-0.3, -0.25) is 0 Å². The highest BCUT2D eigenvalue weighted by Gasteiger charge is 1.96. The van der Waals surface area contributed by atoms with Crippen LogP contribution in [-0.2, 0) is 0 Å². The minimum atomic E-state index is 1.15. The minimum absolute atomic E-state index is 1.15. The molecule has 0 N–H and O–H groups in total. The third-order valence-corrected chi connectivity index (χ3v) is 3.45. The molecule has 0 aliphatic carbocycles. The Balaban J connectivity index is 1.95. The summed E-state index contributed by atoms with van der Waals surface area (Å²) in [5.41, 5.74) is 3.59. The molecule has 0 aromatic heterocycles. The Morgan fingerprint density at radius 2 is 1.35 bits per heavy atom. The highest BCUT2D eigenvalue weighted by atomic mass is 14.0. The fraction of sp³-hybridized carbons (Fsp3) is 0. The van der Waals surface area contributed by atoms with Crippen molar-refractivity contribution in [3.05, 3.63) is 90.0 Å². The first kappa shape index (κ1) is 12.4. The quantitative estimate of drug-likeness (QED) is 0.531. The van der Waals surface area contributed by atoms with Crippen LogP contribution in [0.15, 0.2) is 73.3 Å². The zero-order valence-electron chi connectivity index (χ0n) is 11.3. The van der Waals surface area contributed by atoms with Crippen LogP contribution in [0.25, 0.3) is 29.0 Å². The predicted octanol–water partition coefficient (Wildman–Crippen LogP) is 5.65. The molecule has 0 atom stereocenters. The van der Waals surface area contributed by atoms with Gasteiger partial charge in [-0.25, -0.2) is 0 Å². The molecule has 0 radical (unpaired) electrons. The summed E-state index contributed by atoms with van der Waals surface area (Å²) in [4.78, 5) is 0. The zero-order chi connectivity index (χ0) is 13.8. The van der Waals surface area contributed by atoms with Crippen molar-refractivity contribution in [2.45, 2.75) is 0 Å². The van der Waals surface area contributed by atoms with Crippen molar-refractivity contribution in [3.8, 4) is 0 Å². The first-order valence-electron chi connectivity index (χ1n) is 6.75. The van der Waals surface area contributed by atoms with Gasteiger partial charge in [0.05, 0.1) is 0 Å². The molecule has 0 aliphatic rings. The zero-order valence-corrected chi connectivity index (χ0v) is 11.3. The molecule has 0 aliphatic heterocycles. The van der Waals surface area contributed by atoms with Crippen molar-refractivity contribution in [3.63, 3.8) is 0 Å². The van der Waals surface area contributed by atoms with Crippen molar-refractivity contribution < 1.29 is 0 Å². The van der Waals surface area contributed by atoms with E-state index in [2.05, 4.69) is 85.5 Å². The standard InChI is InChI=1S/C20H16/c1-2-16-10-12-17(13-11-16)14-15-19-8-5-7-18-6-3-4-9-20(18)19/h2-15H,1H2/b15-14+. The normalized spacial score (nSPS) is 11.0. The average molecular weight is 256 g/mol. The number of benzene rings is 3. The third-order valence-electron chi connectivity index (χ3n) is 3.45. The minimum Gasteiger partial charge on any atom is -0.0985 e. The maximum atomic E-state index is 3.77. The summed E-state index contributed by atoms with van der Waals surface area (Å²) in [6.07, 6.45) is 6.18. The van der Waals surface area contributed by atoms with E-state index in [4.69, 9.17) is 0 Å². The van der Waals surface area contributed by atoms with Gasteiger partial charge >= 0.3 is 0 Å². The molecule has 0 amide bonds. The van der Waals surface area contributed by atoms with Crippen LogP contribution in [0.1, 0.15) is 16.7 Å². The van der Waals surface area contributed by atoms with Crippen LogP contribution < -0.4 is 0 Å². The highest BCUT2D eigenvalue weighted by molar-refractivity contribution is 5.92. The highest BCUT2D eigenvalue weighted by Crippen LogP contribution is 2.20. The summed E-state index contributed by atoms with van der Waals surface area (Å²) in [6.45, 7) is 3.77. The van der Waals surface area contributed by atoms with E-state index in [1.165, 1.54) is 21.9 Å². The van der Waals surface area contributed by atoms with Gasteiger partial charge in [-0.1, -0.05) is 91.5 Å². The summed E-state index contributed by atoms with van der Waals surface area (Å²) in [5, 5.41) is 2.56. The van der Waals surface area contributed by atoms with E-state index in [9.17, 15) is 0 Å². The van der Waals surface area contributed by atoms with Gasteiger partial charge in [-0.2, -0.15) is 0 Å². The lowest BCUT2D eigenvalue weighted by atomic mass is 10.0. The van der Waals surface area contributed by atoms with E-state index < -0.39 is 0 Å². The monoisotopic (exact) mass is 256 g/mol. The van der Waals surface area contributed by atoms with Gasteiger partial charge in [0.1, 0.15) is 0 Å². The van der Waals surface area contributed by atoms with Crippen molar-refractivity contribution in [1.82, 2.24) is 0 Å². The van der Waals surface area contributed by atoms with Crippen LogP contribution in [-0.4, -0.2) is 0 Å². The van der Waals surface area contributed by atoms with E-state index in [1.807, 2.05) is 6.08 Å². The van der Waals surface area contributed by atoms with E-state index in [0.29, 0.717) is 0 Å². The SMILES string of the molecule is C=Cc1ccc(/C=C/c2cccc3ccccc23)cc1. The van der Waals surface area contributed by atoms with Crippen LogP contribution in [0.5, 0.6) is 0 Å². The summed E-state index contributed by atoms with van der Waals surface area (Å²) < 4.78 is 0. The topological polar surface area (TPSA) is 0 Å². The Morgan fingerprint density at radius 3 is 2.15 bits per heavy atom. The van der Waals surface area contributed by atoms with E-state index in [1.54, 1.807) is 0 Å². The van der Waals surface area contributed by atoms with E-state index in [-0.39, 0.29) is 0 Å². The van der Waals surface area contributed by atoms with Crippen molar-refractivity contribution >= 4 is 29.0 Å². The van der Waals surface area contributed by atoms with Gasteiger partial charge in [0.25, 0.3) is 0 Å². The molecule has 20 heavy (non-hydrogen) atoms.